The zero-order valence-electron chi connectivity index (χ0n) is 20.2. The molecule has 180 valence electrons. The van der Waals surface area contributed by atoms with Gasteiger partial charge in [0.05, 0.1) is 18.2 Å². The fraction of sp³-hybridized carbons (Fsp3) is 0.185. The highest BCUT2D eigenvalue weighted by Gasteiger charge is 2.22. The number of aromatic nitrogens is 1. The van der Waals surface area contributed by atoms with Gasteiger partial charge in [0.15, 0.2) is 0 Å². The van der Waals surface area contributed by atoms with E-state index in [0.29, 0.717) is 5.69 Å². The van der Waals surface area contributed by atoms with Crippen LogP contribution in [0.4, 0.5) is 5.69 Å². The Hall–Kier alpha value is -3.91. The molecule has 0 bridgehead atoms. The number of aryl methyl sites for hydroxylation is 2. The van der Waals surface area contributed by atoms with E-state index in [2.05, 4.69) is 39.4 Å². The minimum absolute atomic E-state index is 0.382. The SMILES string of the molecule is Cc1ccc(-n2c(C)cc(/C=N/NC(=O)CN(c3cccc4ccccc34)S(C)(=O)=O)c2C)cc1. The van der Waals surface area contributed by atoms with E-state index in [4.69, 9.17) is 0 Å². The average molecular weight is 489 g/mol. The number of amides is 1. The average Bonchev–Trinajstić information content (AvgIpc) is 3.10. The maximum absolute atomic E-state index is 12.7. The van der Waals surface area contributed by atoms with Gasteiger partial charge in [-0.1, -0.05) is 54.1 Å². The third kappa shape index (κ3) is 5.27. The number of carbonyl (C=O) groups is 1. The molecule has 3 aromatic carbocycles. The van der Waals surface area contributed by atoms with Crippen LogP contribution >= 0.6 is 0 Å². The van der Waals surface area contributed by atoms with Gasteiger partial charge >= 0.3 is 0 Å². The standard InChI is InChI=1S/C27H28N4O3S/c1-19-12-14-24(15-13-19)31-20(2)16-23(21(31)3)17-28-29-27(32)18-30(35(4,33)34)26-11-7-9-22-8-5-6-10-25(22)26/h5-17H,18H2,1-4H3,(H,29,32)/b28-17+. The molecule has 0 saturated heterocycles. The van der Waals surface area contributed by atoms with Crippen LogP contribution < -0.4 is 9.73 Å². The van der Waals surface area contributed by atoms with Gasteiger partial charge in [-0.05, 0) is 50.4 Å². The van der Waals surface area contributed by atoms with E-state index in [1.165, 1.54) is 5.56 Å². The molecule has 4 rings (SSSR count). The number of rotatable bonds is 7. The molecule has 4 aromatic rings. The van der Waals surface area contributed by atoms with Crippen molar-refractivity contribution < 1.29 is 13.2 Å². The predicted octanol–water partition coefficient (Wildman–Crippen LogP) is 4.47. The predicted molar refractivity (Wildman–Crippen MR) is 142 cm³/mol. The number of sulfonamides is 1. The van der Waals surface area contributed by atoms with Crippen molar-refractivity contribution in [3.8, 4) is 5.69 Å². The molecule has 1 amide bonds. The van der Waals surface area contributed by atoms with Gasteiger partial charge in [-0.25, -0.2) is 13.8 Å². The van der Waals surface area contributed by atoms with Gasteiger partial charge in [0.2, 0.25) is 10.0 Å². The summed E-state index contributed by atoms with van der Waals surface area (Å²) in [7, 11) is -3.71. The fourth-order valence-electron chi connectivity index (χ4n) is 4.16. The lowest BCUT2D eigenvalue weighted by molar-refractivity contribution is -0.119. The summed E-state index contributed by atoms with van der Waals surface area (Å²) in [6.45, 7) is 5.66. The molecule has 35 heavy (non-hydrogen) atoms. The Kier molecular flexibility index (Phi) is 6.75. The molecule has 0 radical (unpaired) electrons. The number of nitrogens with zero attached hydrogens (tertiary/aromatic N) is 3. The number of benzene rings is 3. The van der Waals surface area contributed by atoms with Gasteiger partial charge in [-0.2, -0.15) is 5.10 Å². The number of fused-ring (bicyclic) bond motifs is 1. The van der Waals surface area contributed by atoms with Crippen molar-refractivity contribution >= 4 is 38.6 Å². The molecule has 0 saturated carbocycles. The van der Waals surface area contributed by atoms with E-state index in [-0.39, 0.29) is 6.54 Å². The molecule has 0 aliphatic heterocycles. The van der Waals surface area contributed by atoms with Gasteiger partial charge < -0.3 is 4.57 Å². The Morgan fingerprint density at radius 2 is 1.69 bits per heavy atom. The maximum atomic E-state index is 12.7. The van der Waals surface area contributed by atoms with E-state index in [1.807, 2.05) is 57.2 Å². The van der Waals surface area contributed by atoms with Crippen LogP contribution in [0.3, 0.4) is 0 Å². The molecule has 0 unspecified atom stereocenters. The van der Waals surface area contributed by atoms with Crippen LogP contribution in [-0.4, -0.2) is 37.9 Å². The minimum Gasteiger partial charge on any atom is -0.318 e. The minimum atomic E-state index is -3.71. The number of hydrogen-bond donors (Lipinski definition) is 1. The van der Waals surface area contributed by atoms with Crippen molar-refractivity contribution in [2.45, 2.75) is 20.8 Å². The number of carbonyl (C=O) groups excluding carboxylic acids is 1. The third-order valence-electron chi connectivity index (χ3n) is 5.88. The second kappa shape index (κ2) is 9.76. The van der Waals surface area contributed by atoms with Crippen molar-refractivity contribution in [3.05, 3.63) is 95.3 Å². The summed E-state index contributed by atoms with van der Waals surface area (Å²) < 4.78 is 28.3. The lowest BCUT2D eigenvalue weighted by Crippen LogP contribution is -2.39. The van der Waals surface area contributed by atoms with Crippen molar-refractivity contribution in [3.63, 3.8) is 0 Å². The summed E-state index contributed by atoms with van der Waals surface area (Å²) in [6.07, 6.45) is 2.67. The summed E-state index contributed by atoms with van der Waals surface area (Å²) in [5.74, 6) is -0.535. The third-order valence-corrected chi connectivity index (χ3v) is 7.00. The molecule has 1 aromatic heterocycles. The smallest absolute Gasteiger partial charge is 0.260 e. The molecule has 0 aliphatic carbocycles. The van der Waals surface area contributed by atoms with Crippen LogP contribution in [0, 0.1) is 20.8 Å². The van der Waals surface area contributed by atoms with E-state index in [1.54, 1.807) is 18.3 Å². The summed E-state index contributed by atoms with van der Waals surface area (Å²) in [5, 5.41) is 5.74. The van der Waals surface area contributed by atoms with Gasteiger partial charge in [0.25, 0.3) is 5.91 Å². The monoisotopic (exact) mass is 488 g/mol. The highest BCUT2D eigenvalue weighted by Crippen LogP contribution is 2.28. The van der Waals surface area contributed by atoms with Gasteiger partial charge in [-0.3, -0.25) is 9.10 Å². The van der Waals surface area contributed by atoms with E-state index < -0.39 is 15.9 Å². The molecule has 0 fully saturated rings. The van der Waals surface area contributed by atoms with Crippen LogP contribution in [0.25, 0.3) is 16.5 Å². The first-order chi connectivity index (χ1) is 16.6. The Balaban J connectivity index is 1.52. The van der Waals surface area contributed by atoms with Crippen LogP contribution in [0.15, 0.2) is 77.9 Å². The maximum Gasteiger partial charge on any atom is 0.260 e. The van der Waals surface area contributed by atoms with Crippen molar-refractivity contribution in [1.29, 1.82) is 0 Å². The van der Waals surface area contributed by atoms with Crippen molar-refractivity contribution in [1.82, 2.24) is 9.99 Å². The quantitative estimate of drug-likeness (QED) is 0.308. The lowest BCUT2D eigenvalue weighted by atomic mass is 10.1. The Morgan fingerprint density at radius 3 is 2.40 bits per heavy atom. The van der Waals surface area contributed by atoms with Crippen LogP contribution in [-0.2, 0) is 14.8 Å². The van der Waals surface area contributed by atoms with E-state index in [0.717, 1.165) is 44.0 Å². The normalized spacial score (nSPS) is 11.8. The molecule has 1 heterocycles. The summed E-state index contributed by atoms with van der Waals surface area (Å²) in [6, 6.07) is 23.1. The first kappa shape index (κ1) is 24.2. The molecular weight excluding hydrogens is 460 g/mol. The van der Waals surface area contributed by atoms with Crippen LogP contribution in [0.1, 0.15) is 22.5 Å². The van der Waals surface area contributed by atoms with Crippen molar-refractivity contribution in [2.24, 2.45) is 5.10 Å². The molecule has 8 heteroatoms. The fourth-order valence-corrected chi connectivity index (χ4v) is 5.02. The summed E-state index contributed by atoms with van der Waals surface area (Å²) in [5.41, 5.74) is 8.04. The molecular formula is C27H28N4O3S. The van der Waals surface area contributed by atoms with Gasteiger partial charge in [0.1, 0.15) is 6.54 Å². The second-order valence-electron chi connectivity index (χ2n) is 8.56. The Morgan fingerprint density at radius 1 is 1.00 bits per heavy atom. The van der Waals surface area contributed by atoms with Crippen LogP contribution in [0.5, 0.6) is 0 Å². The Bertz CT molecular complexity index is 1510. The number of anilines is 1. The number of nitrogens with one attached hydrogen (secondary N) is 1. The van der Waals surface area contributed by atoms with E-state index in [9.17, 15) is 13.2 Å². The molecule has 0 aliphatic rings. The Labute approximate surface area is 205 Å². The van der Waals surface area contributed by atoms with Gasteiger partial charge in [0, 0.05) is 28.0 Å². The molecule has 1 N–H and O–H groups in total. The van der Waals surface area contributed by atoms with Crippen LogP contribution in [0.2, 0.25) is 0 Å². The zero-order chi connectivity index (χ0) is 25.2. The largest absolute Gasteiger partial charge is 0.318 e. The summed E-state index contributed by atoms with van der Waals surface area (Å²) in [4.78, 5) is 12.7. The van der Waals surface area contributed by atoms with Crippen molar-refractivity contribution in [2.75, 3.05) is 17.1 Å². The lowest BCUT2D eigenvalue weighted by Gasteiger charge is -2.23. The number of hydrazone groups is 1. The van der Waals surface area contributed by atoms with E-state index >= 15 is 0 Å². The summed E-state index contributed by atoms with van der Waals surface area (Å²) >= 11 is 0. The highest BCUT2D eigenvalue weighted by atomic mass is 32.2. The first-order valence-corrected chi connectivity index (χ1v) is 13.0. The van der Waals surface area contributed by atoms with Gasteiger partial charge in [-0.15, -0.1) is 0 Å². The number of hydrogen-bond acceptors (Lipinski definition) is 4. The molecule has 0 spiro atoms. The zero-order valence-corrected chi connectivity index (χ0v) is 21.0. The second-order valence-corrected chi connectivity index (χ2v) is 10.5. The highest BCUT2D eigenvalue weighted by molar-refractivity contribution is 7.92. The molecule has 0 atom stereocenters. The molecule has 7 nitrogen and oxygen atoms in total. The topological polar surface area (TPSA) is 83.8 Å². The first-order valence-electron chi connectivity index (χ1n) is 11.2.